The number of rotatable bonds is 6. The Labute approximate surface area is 151 Å². The molecule has 0 saturated carbocycles. The number of morpholine rings is 1. The number of hydrazone groups is 1. The number of ether oxygens (including phenoxy) is 2. The lowest BCUT2D eigenvalue weighted by molar-refractivity contribution is -0.123. The maximum absolute atomic E-state index is 13.0. The fourth-order valence-electron chi connectivity index (χ4n) is 2.51. The molecule has 0 radical (unpaired) electrons. The Kier molecular flexibility index (Phi) is 6.16. The van der Waals surface area contributed by atoms with Gasteiger partial charge in [-0.05, 0) is 29.8 Å². The molecule has 0 unspecified atom stereocenters. The van der Waals surface area contributed by atoms with E-state index in [2.05, 4.69) is 15.4 Å². The summed E-state index contributed by atoms with van der Waals surface area (Å²) in [5.41, 5.74) is 4.38. The summed E-state index contributed by atoms with van der Waals surface area (Å²) in [6.07, 6.45) is 1.56. The summed E-state index contributed by atoms with van der Waals surface area (Å²) in [6, 6.07) is 13.5. The first-order chi connectivity index (χ1) is 12.7. The molecular weight excluding hydrogens is 337 g/mol. The van der Waals surface area contributed by atoms with Crippen LogP contribution in [0.3, 0.4) is 0 Å². The van der Waals surface area contributed by atoms with Crippen LogP contribution in [0.4, 0.5) is 10.1 Å². The smallest absolute Gasteiger partial charge is 0.277 e. The molecule has 26 heavy (non-hydrogen) atoms. The highest BCUT2D eigenvalue weighted by Crippen LogP contribution is 2.16. The number of anilines is 1. The summed E-state index contributed by atoms with van der Waals surface area (Å²) in [5, 5.41) is 3.90. The SMILES string of the molecule is O=C(COc1cccc(F)c1)N/N=C\c1ccc(N2CCOCC2)cc1. The summed E-state index contributed by atoms with van der Waals surface area (Å²) >= 11 is 0. The number of nitrogens with one attached hydrogen (secondary N) is 1. The van der Waals surface area contributed by atoms with Crippen LogP contribution in [0.2, 0.25) is 0 Å². The monoisotopic (exact) mass is 357 g/mol. The molecule has 6 nitrogen and oxygen atoms in total. The zero-order valence-corrected chi connectivity index (χ0v) is 14.2. The van der Waals surface area contributed by atoms with Crippen molar-refractivity contribution in [2.75, 3.05) is 37.8 Å². The van der Waals surface area contributed by atoms with Crippen molar-refractivity contribution >= 4 is 17.8 Å². The first kappa shape index (κ1) is 17.9. The predicted molar refractivity (Wildman–Crippen MR) is 97.1 cm³/mol. The number of benzene rings is 2. The molecule has 0 atom stereocenters. The highest BCUT2D eigenvalue weighted by Gasteiger charge is 2.10. The van der Waals surface area contributed by atoms with E-state index < -0.39 is 11.7 Å². The van der Waals surface area contributed by atoms with Crippen molar-refractivity contribution in [1.29, 1.82) is 0 Å². The summed E-state index contributed by atoms with van der Waals surface area (Å²) < 4.78 is 23.6. The van der Waals surface area contributed by atoms with Crippen molar-refractivity contribution in [2.24, 2.45) is 5.10 Å². The van der Waals surface area contributed by atoms with Gasteiger partial charge in [-0.2, -0.15) is 5.10 Å². The average Bonchev–Trinajstić information content (AvgIpc) is 2.68. The van der Waals surface area contributed by atoms with E-state index in [4.69, 9.17) is 9.47 Å². The molecule has 7 heteroatoms. The van der Waals surface area contributed by atoms with Gasteiger partial charge in [0.05, 0.1) is 19.4 Å². The number of amides is 1. The van der Waals surface area contributed by atoms with Crippen LogP contribution >= 0.6 is 0 Å². The second kappa shape index (κ2) is 8.96. The van der Waals surface area contributed by atoms with Crippen molar-refractivity contribution in [2.45, 2.75) is 0 Å². The number of hydrogen-bond acceptors (Lipinski definition) is 5. The number of halogens is 1. The standard InChI is InChI=1S/C19H20FN3O3/c20-16-2-1-3-18(12-16)26-14-19(24)22-21-13-15-4-6-17(7-5-15)23-8-10-25-11-9-23/h1-7,12-13H,8-11,14H2,(H,22,24)/b21-13-. The van der Waals surface area contributed by atoms with Crippen LogP contribution in [-0.4, -0.2) is 45.0 Å². The van der Waals surface area contributed by atoms with Gasteiger partial charge < -0.3 is 14.4 Å². The first-order valence-electron chi connectivity index (χ1n) is 8.34. The Morgan fingerprint density at radius 3 is 2.73 bits per heavy atom. The molecule has 1 aliphatic rings. The Morgan fingerprint density at radius 2 is 2.00 bits per heavy atom. The normalized spacial score (nSPS) is 14.4. The molecule has 1 N–H and O–H groups in total. The summed E-state index contributed by atoms with van der Waals surface area (Å²) in [6.45, 7) is 3.01. The second-order valence-corrected chi connectivity index (χ2v) is 5.73. The van der Waals surface area contributed by atoms with Crippen molar-refractivity contribution in [3.05, 3.63) is 59.9 Å². The van der Waals surface area contributed by atoms with Crippen molar-refractivity contribution in [3.8, 4) is 5.75 Å². The minimum Gasteiger partial charge on any atom is -0.484 e. The molecule has 0 bridgehead atoms. The molecule has 0 spiro atoms. The molecule has 0 aliphatic carbocycles. The lowest BCUT2D eigenvalue weighted by atomic mass is 10.2. The fourth-order valence-corrected chi connectivity index (χ4v) is 2.51. The average molecular weight is 357 g/mol. The third-order valence-corrected chi connectivity index (χ3v) is 3.84. The van der Waals surface area contributed by atoms with E-state index in [1.807, 2.05) is 24.3 Å². The number of nitrogens with zero attached hydrogens (tertiary/aromatic N) is 2. The Balaban J connectivity index is 1.44. The van der Waals surface area contributed by atoms with Crippen molar-refractivity contribution < 1.29 is 18.7 Å². The zero-order valence-electron chi connectivity index (χ0n) is 14.2. The molecule has 1 fully saturated rings. The van der Waals surface area contributed by atoms with Crippen LogP contribution < -0.4 is 15.1 Å². The fraction of sp³-hybridized carbons (Fsp3) is 0.263. The predicted octanol–water partition coefficient (Wildman–Crippen LogP) is 2.19. The molecule has 2 aromatic rings. The van der Waals surface area contributed by atoms with Crippen molar-refractivity contribution in [1.82, 2.24) is 5.43 Å². The van der Waals surface area contributed by atoms with Gasteiger partial charge in [-0.15, -0.1) is 0 Å². The summed E-state index contributed by atoms with van der Waals surface area (Å²) in [4.78, 5) is 13.9. The summed E-state index contributed by atoms with van der Waals surface area (Å²) in [5.74, 6) is -0.542. The van der Waals surface area contributed by atoms with Gasteiger partial charge in [-0.3, -0.25) is 4.79 Å². The molecule has 3 rings (SSSR count). The van der Waals surface area contributed by atoms with Crippen LogP contribution in [0.15, 0.2) is 53.6 Å². The van der Waals surface area contributed by atoms with Crippen LogP contribution in [0, 0.1) is 5.82 Å². The van der Waals surface area contributed by atoms with Crippen LogP contribution in [0.1, 0.15) is 5.56 Å². The Bertz CT molecular complexity index is 759. The van der Waals surface area contributed by atoms with Gasteiger partial charge in [0.1, 0.15) is 11.6 Å². The number of carbonyl (C=O) groups is 1. The van der Waals surface area contributed by atoms with Gasteiger partial charge in [0.15, 0.2) is 6.61 Å². The van der Waals surface area contributed by atoms with Gasteiger partial charge in [-0.25, -0.2) is 9.82 Å². The van der Waals surface area contributed by atoms with E-state index in [-0.39, 0.29) is 6.61 Å². The third kappa shape index (κ3) is 5.29. The van der Waals surface area contributed by atoms with Gasteiger partial charge in [0.2, 0.25) is 0 Å². The second-order valence-electron chi connectivity index (χ2n) is 5.73. The van der Waals surface area contributed by atoms with E-state index in [0.717, 1.165) is 37.6 Å². The van der Waals surface area contributed by atoms with Crippen LogP contribution in [0.25, 0.3) is 0 Å². The molecule has 1 aliphatic heterocycles. The Morgan fingerprint density at radius 1 is 1.23 bits per heavy atom. The van der Waals surface area contributed by atoms with Gasteiger partial charge in [-0.1, -0.05) is 18.2 Å². The largest absolute Gasteiger partial charge is 0.484 e. The van der Waals surface area contributed by atoms with E-state index in [0.29, 0.717) is 5.75 Å². The molecular formula is C19H20FN3O3. The van der Waals surface area contributed by atoms with Gasteiger partial charge in [0.25, 0.3) is 5.91 Å². The number of carbonyl (C=O) groups excluding carboxylic acids is 1. The molecule has 1 heterocycles. The maximum Gasteiger partial charge on any atom is 0.277 e. The zero-order chi connectivity index (χ0) is 18.2. The maximum atomic E-state index is 13.0. The van der Waals surface area contributed by atoms with Crippen LogP contribution in [0.5, 0.6) is 5.75 Å². The third-order valence-electron chi connectivity index (χ3n) is 3.84. The van der Waals surface area contributed by atoms with Crippen LogP contribution in [-0.2, 0) is 9.53 Å². The molecule has 136 valence electrons. The number of hydrogen-bond donors (Lipinski definition) is 1. The molecule has 2 aromatic carbocycles. The van der Waals surface area contributed by atoms with E-state index in [1.165, 1.54) is 18.2 Å². The topological polar surface area (TPSA) is 63.2 Å². The van der Waals surface area contributed by atoms with Gasteiger partial charge in [0, 0.05) is 24.8 Å². The highest BCUT2D eigenvalue weighted by molar-refractivity contribution is 5.83. The minimum atomic E-state index is -0.421. The first-order valence-corrected chi connectivity index (χ1v) is 8.34. The highest BCUT2D eigenvalue weighted by atomic mass is 19.1. The lowest BCUT2D eigenvalue weighted by Gasteiger charge is -2.28. The van der Waals surface area contributed by atoms with Gasteiger partial charge >= 0.3 is 0 Å². The van der Waals surface area contributed by atoms with Crippen molar-refractivity contribution in [3.63, 3.8) is 0 Å². The molecule has 1 saturated heterocycles. The van der Waals surface area contributed by atoms with E-state index in [9.17, 15) is 9.18 Å². The quantitative estimate of drug-likeness (QED) is 0.636. The van der Waals surface area contributed by atoms with E-state index >= 15 is 0 Å². The molecule has 0 aromatic heterocycles. The lowest BCUT2D eigenvalue weighted by Crippen LogP contribution is -2.36. The Hall–Kier alpha value is -2.93. The van der Waals surface area contributed by atoms with E-state index in [1.54, 1.807) is 12.3 Å². The molecule has 1 amide bonds. The minimum absolute atomic E-state index is 0.239. The summed E-state index contributed by atoms with van der Waals surface area (Å²) in [7, 11) is 0.